The van der Waals surface area contributed by atoms with Crippen molar-refractivity contribution in [1.82, 2.24) is 4.72 Å². The highest BCUT2D eigenvalue weighted by atomic mass is 32.2. The molecule has 0 radical (unpaired) electrons. The molecule has 1 fully saturated rings. The molecule has 1 aromatic rings. The number of anilines is 1. The number of hydrogen-bond donors (Lipinski definition) is 2. The molecule has 0 spiro atoms. The number of aryl methyl sites for hydroxylation is 1. The average molecular weight is 310 g/mol. The second-order valence-electron chi connectivity index (χ2n) is 6.09. The fraction of sp³-hybridized carbons (Fsp3) is 0.625. The molecule has 0 bridgehead atoms. The van der Waals surface area contributed by atoms with E-state index in [2.05, 4.69) is 4.72 Å². The van der Waals surface area contributed by atoms with Gasteiger partial charge in [0, 0.05) is 11.7 Å². The van der Waals surface area contributed by atoms with Crippen molar-refractivity contribution in [1.29, 1.82) is 0 Å². The van der Waals surface area contributed by atoms with E-state index in [0.717, 1.165) is 31.2 Å². The first kappa shape index (κ1) is 16.3. The molecule has 0 saturated heterocycles. The molecule has 2 rings (SSSR count). The van der Waals surface area contributed by atoms with Crippen molar-refractivity contribution < 1.29 is 8.42 Å². The van der Waals surface area contributed by atoms with Gasteiger partial charge in [-0.2, -0.15) is 0 Å². The molecule has 0 unspecified atom stereocenters. The first-order chi connectivity index (χ1) is 9.92. The van der Waals surface area contributed by atoms with Gasteiger partial charge in [-0.1, -0.05) is 38.2 Å². The lowest BCUT2D eigenvalue weighted by atomic mass is 9.97. The topological polar surface area (TPSA) is 72.2 Å². The molecular weight excluding hydrogens is 284 g/mol. The van der Waals surface area contributed by atoms with Gasteiger partial charge in [-0.3, -0.25) is 0 Å². The van der Waals surface area contributed by atoms with Gasteiger partial charge < -0.3 is 5.73 Å². The minimum atomic E-state index is -3.50. The summed E-state index contributed by atoms with van der Waals surface area (Å²) in [5, 5.41) is 0. The maximum absolute atomic E-state index is 12.7. The Hall–Kier alpha value is -1.07. The van der Waals surface area contributed by atoms with Crippen molar-refractivity contribution >= 4 is 15.7 Å². The van der Waals surface area contributed by atoms with E-state index < -0.39 is 10.0 Å². The van der Waals surface area contributed by atoms with Crippen LogP contribution in [0.15, 0.2) is 17.0 Å². The molecule has 3 N–H and O–H groups in total. The van der Waals surface area contributed by atoms with Crippen LogP contribution in [0.25, 0.3) is 0 Å². The fourth-order valence-electron chi connectivity index (χ4n) is 3.11. The van der Waals surface area contributed by atoms with Crippen molar-refractivity contribution in [2.75, 3.05) is 5.73 Å². The smallest absolute Gasteiger partial charge is 0.241 e. The lowest BCUT2D eigenvalue weighted by molar-refractivity contribution is 0.426. The molecule has 0 atom stereocenters. The zero-order chi connectivity index (χ0) is 15.5. The summed E-state index contributed by atoms with van der Waals surface area (Å²) in [6, 6.07) is 3.59. The van der Waals surface area contributed by atoms with Gasteiger partial charge in [0.25, 0.3) is 0 Å². The van der Waals surface area contributed by atoms with Gasteiger partial charge in [0.05, 0.1) is 4.90 Å². The van der Waals surface area contributed by atoms with Crippen molar-refractivity contribution in [2.45, 2.75) is 69.7 Å². The Bertz CT molecular complexity index is 589. The van der Waals surface area contributed by atoms with Crippen LogP contribution in [0.5, 0.6) is 0 Å². The Kier molecular flexibility index (Phi) is 5.27. The van der Waals surface area contributed by atoms with Crippen LogP contribution in [0.3, 0.4) is 0 Å². The number of hydrogen-bond acceptors (Lipinski definition) is 3. The number of sulfonamides is 1. The van der Waals surface area contributed by atoms with Crippen LogP contribution in [-0.2, 0) is 10.0 Å². The van der Waals surface area contributed by atoms with E-state index in [1.165, 1.54) is 19.3 Å². The minimum absolute atomic E-state index is 0.0514. The third kappa shape index (κ3) is 3.98. The van der Waals surface area contributed by atoms with Crippen LogP contribution >= 0.6 is 0 Å². The van der Waals surface area contributed by atoms with Crippen molar-refractivity contribution in [3.05, 3.63) is 23.3 Å². The molecule has 4 nitrogen and oxygen atoms in total. The summed E-state index contributed by atoms with van der Waals surface area (Å²) in [6.45, 7) is 3.59. The van der Waals surface area contributed by atoms with E-state index in [0.29, 0.717) is 16.1 Å². The molecule has 0 aromatic heterocycles. The summed E-state index contributed by atoms with van der Waals surface area (Å²) >= 11 is 0. The SMILES string of the molecule is Cc1ccc(N)c(C)c1S(=O)(=O)NC1CCCCCCC1. The van der Waals surface area contributed by atoms with Crippen molar-refractivity contribution in [3.8, 4) is 0 Å². The van der Waals surface area contributed by atoms with Crippen molar-refractivity contribution in [2.24, 2.45) is 0 Å². The fourth-order valence-corrected chi connectivity index (χ4v) is 4.91. The predicted octanol–water partition coefficient (Wildman–Crippen LogP) is 3.28. The molecule has 0 heterocycles. The molecule has 0 amide bonds. The normalized spacial score (nSPS) is 18.2. The lowest BCUT2D eigenvalue weighted by Crippen LogP contribution is -2.36. The maximum Gasteiger partial charge on any atom is 0.241 e. The first-order valence-corrected chi connectivity index (χ1v) is 9.28. The highest BCUT2D eigenvalue weighted by molar-refractivity contribution is 7.89. The molecule has 1 aliphatic rings. The zero-order valence-corrected chi connectivity index (χ0v) is 13.8. The third-order valence-electron chi connectivity index (χ3n) is 4.34. The van der Waals surface area contributed by atoms with Crippen LogP contribution in [0.1, 0.15) is 56.1 Å². The zero-order valence-electron chi connectivity index (χ0n) is 13.0. The summed E-state index contributed by atoms with van der Waals surface area (Å²) in [5.41, 5.74) is 7.80. The van der Waals surface area contributed by atoms with E-state index in [1.54, 1.807) is 19.1 Å². The standard InChI is InChI=1S/C16H26N2O2S/c1-12-10-11-15(17)13(2)16(12)21(19,20)18-14-8-6-4-3-5-7-9-14/h10-11,14,18H,3-9,17H2,1-2H3. The Morgan fingerprint density at radius 3 is 2.24 bits per heavy atom. The van der Waals surface area contributed by atoms with Gasteiger partial charge in [0.1, 0.15) is 0 Å². The van der Waals surface area contributed by atoms with Gasteiger partial charge >= 0.3 is 0 Å². The van der Waals surface area contributed by atoms with E-state index in [1.807, 2.05) is 6.92 Å². The van der Waals surface area contributed by atoms with Crippen molar-refractivity contribution in [3.63, 3.8) is 0 Å². The van der Waals surface area contributed by atoms with E-state index >= 15 is 0 Å². The predicted molar refractivity (Wildman–Crippen MR) is 86.8 cm³/mol. The summed E-state index contributed by atoms with van der Waals surface area (Å²) in [5.74, 6) is 0. The Balaban J connectivity index is 2.23. The third-order valence-corrected chi connectivity index (χ3v) is 6.15. The Labute approximate surface area is 128 Å². The monoisotopic (exact) mass is 310 g/mol. The van der Waals surface area contributed by atoms with Crippen LogP contribution in [-0.4, -0.2) is 14.5 Å². The van der Waals surface area contributed by atoms with Gasteiger partial charge in [-0.05, 0) is 43.9 Å². The second-order valence-corrected chi connectivity index (χ2v) is 7.74. The van der Waals surface area contributed by atoms with Crippen LogP contribution in [0, 0.1) is 13.8 Å². The molecule has 1 aliphatic carbocycles. The number of rotatable bonds is 3. The molecule has 1 saturated carbocycles. The highest BCUT2D eigenvalue weighted by Crippen LogP contribution is 2.26. The van der Waals surface area contributed by atoms with Gasteiger partial charge in [0.2, 0.25) is 10.0 Å². The number of benzene rings is 1. The summed E-state index contributed by atoms with van der Waals surface area (Å²) in [7, 11) is -3.50. The number of nitrogens with two attached hydrogens (primary N) is 1. The quantitative estimate of drug-likeness (QED) is 0.842. The van der Waals surface area contributed by atoms with Gasteiger partial charge in [-0.25, -0.2) is 13.1 Å². The average Bonchev–Trinajstić information content (AvgIpc) is 2.37. The highest BCUT2D eigenvalue weighted by Gasteiger charge is 2.24. The molecule has 21 heavy (non-hydrogen) atoms. The second kappa shape index (κ2) is 6.79. The molecule has 1 aromatic carbocycles. The molecule has 118 valence electrons. The maximum atomic E-state index is 12.7. The van der Waals surface area contributed by atoms with E-state index in [-0.39, 0.29) is 6.04 Å². The summed E-state index contributed by atoms with van der Waals surface area (Å²) < 4.78 is 28.4. The minimum Gasteiger partial charge on any atom is -0.398 e. The summed E-state index contributed by atoms with van der Waals surface area (Å²) in [6.07, 6.45) is 7.74. The van der Waals surface area contributed by atoms with Crippen LogP contribution < -0.4 is 10.5 Å². The molecule has 5 heteroatoms. The van der Waals surface area contributed by atoms with Crippen LogP contribution in [0.4, 0.5) is 5.69 Å². The Morgan fingerprint density at radius 1 is 1.05 bits per heavy atom. The van der Waals surface area contributed by atoms with Gasteiger partial charge in [-0.15, -0.1) is 0 Å². The lowest BCUT2D eigenvalue weighted by Gasteiger charge is -2.22. The largest absolute Gasteiger partial charge is 0.398 e. The first-order valence-electron chi connectivity index (χ1n) is 7.80. The van der Waals surface area contributed by atoms with Crippen LogP contribution in [0.2, 0.25) is 0 Å². The molecule has 0 aliphatic heterocycles. The summed E-state index contributed by atoms with van der Waals surface area (Å²) in [4.78, 5) is 0.351. The van der Waals surface area contributed by atoms with E-state index in [9.17, 15) is 8.42 Å². The Morgan fingerprint density at radius 2 is 1.62 bits per heavy atom. The van der Waals surface area contributed by atoms with E-state index in [4.69, 9.17) is 5.73 Å². The number of nitrogens with one attached hydrogen (secondary N) is 1. The number of nitrogen functional groups attached to an aromatic ring is 1. The van der Waals surface area contributed by atoms with Gasteiger partial charge in [0.15, 0.2) is 0 Å². The molecular formula is C16H26N2O2S.